The number of halogens is 2. The van der Waals surface area contributed by atoms with E-state index in [4.69, 9.17) is 15.5 Å². The van der Waals surface area contributed by atoms with Crippen molar-refractivity contribution in [1.29, 1.82) is 0 Å². The third kappa shape index (κ3) is 5.42. The summed E-state index contributed by atoms with van der Waals surface area (Å²) in [6, 6.07) is 8.21. The number of nitrogens with zero attached hydrogens (tertiary/aromatic N) is 6. The summed E-state index contributed by atoms with van der Waals surface area (Å²) in [6.07, 6.45) is 5.09. The molecule has 4 aromatic rings. The van der Waals surface area contributed by atoms with Gasteiger partial charge in [-0.25, -0.2) is 18.4 Å². The van der Waals surface area contributed by atoms with Crippen LogP contribution in [0.15, 0.2) is 30.3 Å². The predicted octanol–water partition coefficient (Wildman–Crippen LogP) is 3.88. The fourth-order valence-corrected chi connectivity index (χ4v) is 6.70. The highest BCUT2D eigenvalue weighted by atomic mass is 32.2. The van der Waals surface area contributed by atoms with E-state index in [-0.39, 0.29) is 22.1 Å². The molecule has 230 valence electrons. The smallest absolute Gasteiger partial charge is 0.329 e. The number of amides is 1. The molecule has 1 atom stereocenters. The van der Waals surface area contributed by atoms with E-state index >= 15 is 0 Å². The number of methoxy groups -OCH3 is 1. The summed E-state index contributed by atoms with van der Waals surface area (Å²) in [5, 5.41) is 0.672. The minimum absolute atomic E-state index is 0.0293. The zero-order valence-corrected chi connectivity index (χ0v) is 25.1. The van der Waals surface area contributed by atoms with Crippen molar-refractivity contribution < 1.29 is 26.7 Å². The average molecular weight is 616 g/mol. The maximum Gasteiger partial charge on any atom is 0.329 e. The first kappa shape index (κ1) is 29.3. The van der Waals surface area contributed by atoms with Crippen molar-refractivity contribution >= 4 is 38.4 Å². The van der Waals surface area contributed by atoms with Crippen LogP contribution in [0.3, 0.4) is 0 Å². The number of imidazole rings is 1. The number of alkyl halides is 2. The first-order chi connectivity index (χ1) is 20.5. The molecule has 0 bridgehead atoms. The van der Waals surface area contributed by atoms with Gasteiger partial charge in [0, 0.05) is 42.7 Å². The Morgan fingerprint density at radius 2 is 1.95 bits per heavy atom. The number of likely N-dealkylation sites (tertiary alicyclic amines) is 1. The van der Waals surface area contributed by atoms with Gasteiger partial charge in [-0.2, -0.15) is 13.1 Å². The van der Waals surface area contributed by atoms with E-state index in [1.165, 1.54) is 6.07 Å². The highest BCUT2D eigenvalue weighted by Gasteiger charge is 2.31. The Balaban J connectivity index is 1.51. The third-order valence-electron chi connectivity index (χ3n) is 8.19. The van der Waals surface area contributed by atoms with Crippen molar-refractivity contribution in [2.24, 2.45) is 11.7 Å². The number of rotatable bonds is 9. The van der Waals surface area contributed by atoms with E-state index in [1.54, 1.807) is 30.2 Å². The number of carbonyl (C=O) groups is 1. The number of fused-ring (bicyclic) bond motifs is 2. The zero-order chi connectivity index (χ0) is 30.6. The van der Waals surface area contributed by atoms with Gasteiger partial charge in [0.25, 0.3) is 5.91 Å². The molecule has 4 aromatic heterocycles. The molecule has 5 heterocycles. The summed E-state index contributed by atoms with van der Waals surface area (Å²) in [5.74, 6) is 0.369. The molecule has 0 spiro atoms. The van der Waals surface area contributed by atoms with Crippen molar-refractivity contribution in [2.75, 3.05) is 30.8 Å². The quantitative estimate of drug-likeness (QED) is 0.283. The highest BCUT2D eigenvalue weighted by Crippen LogP contribution is 2.38. The van der Waals surface area contributed by atoms with Crippen LogP contribution in [0.1, 0.15) is 48.7 Å². The van der Waals surface area contributed by atoms with Crippen molar-refractivity contribution in [3.8, 4) is 17.3 Å². The van der Waals surface area contributed by atoms with E-state index in [1.807, 2.05) is 22.0 Å². The number of carbonyl (C=O) groups excluding carboxylic acids is 1. The largest absolute Gasteiger partial charge is 0.482 e. The van der Waals surface area contributed by atoms with Crippen molar-refractivity contribution in [3.05, 3.63) is 41.6 Å². The lowest BCUT2D eigenvalue weighted by Crippen LogP contribution is -2.45. The predicted molar refractivity (Wildman–Crippen MR) is 159 cm³/mol. The lowest BCUT2D eigenvalue weighted by atomic mass is 10.1. The SMILES string of the molecule is CCc1c(-c2cc3ccc(N(C(F)F)S(C)(=O)=O)nc3n2CC2CC2)nc2cc(C(=O)N3CCC[C@@H](N)C3)cc(OC)n12. The minimum atomic E-state index is -4.27. The number of sulfonamides is 1. The lowest BCUT2D eigenvalue weighted by molar-refractivity contribution is 0.0708. The topological polar surface area (TPSA) is 128 Å². The molecule has 2 N–H and O–H groups in total. The Hall–Kier alpha value is -3.78. The van der Waals surface area contributed by atoms with Crippen LogP contribution >= 0.6 is 0 Å². The second-order valence-electron chi connectivity index (χ2n) is 11.4. The number of hydrogen-bond donors (Lipinski definition) is 1. The van der Waals surface area contributed by atoms with Gasteiger partial charge in [0.1, 0.15) is 22.8 Å². The molecule has 1 saturated carbocycles. The standard InChI is InChI=1S/C29H35F2N7O4S/c1-4-21-26(33-24-13-19(14-25(42-2)37(21)24)28(39)35-11-5-6-20(32)16-35)22-12-18-9-10-23(38(29(30)31)43(3,40)41)34-27(18)36(22)15-17-7-8-17/h9-10,12-14,17,20,29H,4-8,11,15-16,32H2,1-3H3/t20-/m1/s1. The van der Waals surface area contributed by atoms with Gasteiger partial charge >= 0.3 is 6.55 Å². The number of hydrogen-bond acceptors (Lipinski definition) is 7. The van der Waals surface area contributed by atoms with Gasteiger partial charge in [-0.3, -0.25) is 9.20 Å². The van der Waals surface area contributed by atoms with Crippen LogP contribution < -0.4 is 14.8 Å². The fourth-order valence-electron chi connectivity index (χ4n) is 5.97. The number of nitrogens with two attached hydrogens (primary N) is 1. The normalized spacial score (nSPS) is 17.7. The monoisotopic (exact) mass is 615 g/mol. The fraction of sp³-hybridized carbons (Fsp3) is 0.483. The molecular formula is C29H35F2N7O4S. The van der Waals surface area contributed by atoms with Gasteiger partial charge in [-0.05, 0) is 62.3 Å². The van der Waals surface area contributed by atoms with Crippen LogP contribution in [0.25, 0.3) is 28.1 Å². The van der Waals surface area contributed by atoms with Crippen LogP contribution in [-0.2, 0) is 23.0 Å². The van der Waals surface area contributed by atoms with Crippen LogP contribution in [0, 0.1) is 5.92 Å². The van der Waals surface area contributed by atoms with Crippen molar-refractivity contribution in [3.63, 3.8) is 0 Å². The van der Waals surface area contributed by atoms with Crippen molar-refractivity contribution in [1.82, 2.24) is 23.8 Å². The number of pyridine rings is 2. The van der Waals surface area contributed by atoms with E-state index in [0.29, 0.717) is 65.8 Å². The highest BCUT2D eigenvalue weighted by molar-refractivity contribution is 7.92. The van der Waals surface area contributed by atoms with Gasteiger partial charge < -0.3 is 19.9 Å². The summed E-state index contributed by atoms with van der Waals surface area (Å²) >= 11 is 0. The van der Waals surface area contributed by atoms with E-state index < -0.39 is 16.6 Å². The van der Waals surface area contributed by atoms with Crippen LogP contribution in [0.5, 0.6) is 5.88 Å². The number of piperidine rings is 1. The number of anilines is 1. The Kier molecular flexibility index (Phi) is 7.53. The molecule has 0 unspecified atom stereocenters. The summed E-state index contributed by atoms with van der Waals surface area (Å²) < 4.78 is 61.6. The molecule has 2 aliphatic rings. The number of aromatic nitrogens is 4. The molecular weight excluding hydrogens is 580 g/mol. The summed E-state index contributed by atoms with van der Waals surface area (Å²) in [5.41, 5.74) is 9.74. The minimum Gasteiger partial charge on any atom is -0.482 e. The van der Waals surface area contributed by atoms with Gasteiger partial charge in [0.2, 0.25) is 10.0 Å². The Bertz CT molecular complexity index is 1820. The van der Waals surface area contributed by atoms with E-state index in [2.05, 4.69) is 4.98 Å². The average Bonchev–Trinajstić information content (AvgIpc) is 3.60. The van der Waals surface area contributed by atoms with Crippen molar-refractivity contribution in [2.45, 2.75) is 58.2 Å². The van der Waals surface area contributed by atoms with Gasteiger partial charge in [0.15, 0.2) is 5.88 Å². The second-order valence-corrected chi connectivity index (χ2v) is 13.3. The molecule has 1 aliphatic carbocycles. The van der Waals surface area contributed by atoms with Crippen LogP contribution in [0.2, 0.25) is 0 Å². The Labute approximate surface area is 248 Å². The molecule has 2 fully saturated rings. The first-order valence-corrected chi connectivity index (χ1v) is 16.3. The van der Waals surface area contributed by atoms with Crippen LogP contribution in [0.4, 0.5) is 14.6 Å². The van der Waals surface area contributed by atoms with E-state index in [9.17, 15) is 22.0 Å². The zero-order valence-electron chi connectivity index (χ0n) is 24.3. The second kappa shape index (κ2) is 11.1. The maximum atomic E-state index is 13.8. The molecule has 11 nitrogen and oxygen atoms in total. The number of aryl methyl sites for hydroxylation is 1. The van der Waals surface area contributed by atoms with Gasteiger partial charge in [-0.15, -0.1) is 0 Å². The molecule has 0 radical (unpaired) electrons. The Morgan fingerprint density at radius 1 is 1.19 bits per heavy atom. The van der Waals surface area contributed by atoms with E-state index in [0.717, 1.165) is 43.3 Å². The molecule has 6 rings (SSSR count). The molecule has 1 aliphatic heterocycles. The third-order valence-corrected chi connectivity index (χ3v) is 9.25. The van der Waals surface area contributed by atoms with Gasteiger partial charge in [-0.1, -0.05) is 6.92 Å². The summed E-state index contributed by atoms with van der Waals surface area (Å²) in [6.45, 7) is 0.429. The summed E-state index contributed by atoms with van der Waals surface area (Å²) in [7, 11) is -2.72. The van der Waals surface area contributed by atoms with Gasteiger partial charge in [0.05, 0.1) is 24.8 Å². The summed E-state index contributed by atoms with van der Waals surface area (Å²) in [4.78, 5) is 24.6. The molecule has 14 heteroatoms. The molecule has 0 aromatic carbocycles. The molecule has 1 amide bonds. The Morgan fingerprint density at radius 3 is 2.58 bits per heavy atom. The maximum absolute atomic E-state index is 13.8. The lowest BCUT2D eigenvalue weighted by Gasteiger charge is -2.30. The first-order valence-electron chi connectivity index (χ1n) is 14.4. The molecule has 1 saturated heterocycles. The number of ether oxygens (including phenoxy) is 1. The van der Waals surface area contributed by atoms with Crippen LogP contribution in [-0.4, -0.2) is 77.2 Å². The molecule has 43 heavy (non-hydrogen) atoms.